The van der Waals surface area contributed by atoms with Crippen molar-refractivity contribution in [2.75, 3.05) is 12.3 Å². The molecule has 88 valence electrons. The first-order valence-corrected chi connectivity index (χ1v) is 4.92. The number of nitrogens with zero attached hydrogens (tertiary/aromatic N) is 3. The van der Waals surface area contributed by atoms with Gasteiger partial charge in [-0.05, 0) is 6.92 Å². The highest BCUT2D eigenvalue weighted by molar-refractivity contribution is 5.58. The zero-order valence-electron chi connectivity index (χ0n) is 9.43. The summed E-state index contributed by atoms with van der Waals surface area (Å²) < 4.78 is 5.10. The first kappa shape index (κ1) is 12.2. The highest BCUT2D eigenvalue weighted by atomic mass is 16.6. The van der Waals surface area contributed by atoms with E-state index in [0.717, 1.165) is 0 Å². The van der Waals surface area contributed by atoms with Crippen LogP contribution < -0.4 is 10.5 Å². The van der Waals surface area contributed by atoms with Crippen molar-refractivity contribution in [3.63, 3.8) is 0 Å². The predicted octanol–water partition coefficient (Wildman–Crippen LogP) is 1.49. The third-order valence-electron chi connectivity index (χ3n) is 1.88. The minimum atomic E-state index is -0.634. The van der Waals surface area contributed by atoms with Gasteiger partial charge in [0.15, 0.2) is 0 Å². The summed E-state index contributed by atoms with van der Waals surface area (Å²) in [5.41, 5.74) is 5.15. The van der Waals surface area contributed by atoms with Crippen molar-refractivity contribution in [2.45, 2.75) is 26.7 Å². The molecule has 1 aromatic heterocycles. The summed E-state index contributed by atoms with van der Waals surface area (Å²) in [6.45, 7) is 5.75. The Morgan fingerprint density at radius 2 is 2.12 bits per heavy atom. The molecule has 7 nitrogen and oxygen atoms in total. The lowest BCUT2D eigenvalue weighted by atomic mass is 10.2. The van der Waals surface area contributed by atoms with Crippen LogP contribution in [0.1, 0.15) is 32.5 Å². The van der Waals surface area contributed by atoms with Gasteiger partial charge < -0.3 is 10.5 Å². The SMILES string of the molecule is CCOc1nc(C(C)C)nc(N)c1[N+](=O)[O-]. The van der Waals surface area contributed by atoms with E-state index in [0.29, 0.717) is 5.82 Å². The van der Waals surface area contributed by atoms with Gasteiger partial charge in [0.2, 0.25) is 5.82 Å². The molecule has 16 heavy (non-hydrogen) atoms. The summed E-state index contributed by atoms with van der Waals surface area (Å²) in [5, 5.41) is 10.8. The Morgan fingerprint density at radius 1 is 1.50 bits per heavy atom. The number of hydrogen-bond acceptors (Lipinski definition) is 6. The van der Waals surface area contributed by atoms with E-state index in [9.17, 15) is 10.1 Å². The first-order valence-electron chi connectivity index (χ1n) is 4.92. The molecule has 2 N–H and O–H groups in total. The third kappa shape index (κ3) is 2.36. The maximum absolute atomic E-state index is 10.8. The fourth-order valence-electron chi connectivity index (χ4n) is 1.14. The predicted molar refractivity (Wildman–Crippen MR) is 58.4 cm³/mol. The minimum absolute atomic E-state index is 0.0299. The van der Waals surface area contributed by atoms with Gasteiger partial charge >= 0.3 is 5.69 Å². The second-order valence-electron chi connectivity index (χ2n) is 3.47. The normalized spacial score (nSPS) is 10.5. The average Bonchev–Trinajstić information content (AvgIpc) is 2.16. The molecule has 0 atom stereocenters. The van der Waals surface area contributed by atoms with E-state index in [1.165, 1.54) is 0 Å². The van der Waals surface area contributed by atoms with E-state index in [1.807, 2.05) is 13.8 Å². The van der Waals surface area contributed by atoms with E-state index >= 15 is 0 Å². The van der Waals surface area contributed by atoms with Gasteiger partial charge in [-0.25, -0.2) is 4.98 Å². The van der Waals surface area contributed by atoms with Gasteiger partial charge in [0.25, 0.3) is 5.88 Å². The molecule has 0 aliphatic rings. The van der Waals surface area contributed by atoms with E-state index in [4.69, 9.17) is 10.5 Å². The van der Waals surface area contributed by atoms with Crippen molar-refractivity contribution in [1.82, 2.24) is 9.97 Å². The van der Waals surface area contributed by atoms with E-state index in [1.54, 1.807) is 6.92 Å². The summed E-state index contributed by atoms with van der Waals surface area (Å²) in [7, 11) is 0. The van der Waals surface area contributed by atoms with Gasteiger partial charge in [-0.15, -0.1) is 0 Å². The van der Waals surface area contributed by atoms with Gasteiger partial charge in [0.1, 0.15) is 5.82 Å². The molecular formula is C9H14N4O3. The summed E-state index contributed by atoms with van der Waals surface area (Å²) in [4.78, 5) is 18.0. The highest BCUT2D eigenvalue weighted by Gasteiger charge is 2.24. The first-order chi connectivity index (χ1) is 7.47. The zero-order chi connectivity index (χ0) is 12.3. The molecule has 0 amide bonds. The molecule has 0 aliphatic carbocycles. The Bertz CT molecular complexity index is 406. The fourth-order valence-corrected chi connectivity index (χ4v) is 1.14. The highest BCUT2D eigenvalue weighted by Crippen LogP contribution is 2.31. The Kier molecular flexibility index (Phi) is 3.60. The van der Waals surface area contributed by atoms with Crippen LogP contribution in [0.4, 0.5) is 11.5 Å². The number of anilines is 1. The number of rotatable bonds is 4. The van der Waals surface area contributed by atoms with Gasteiger partial charge in [0.05, 0.1) is 11.5 Å². The van der Waals surface area contributed by atoms with Gasteiger partial charge in [-0.1, -0.05) is 13.8 Å². The van der Waals surface area contributed by atoms with E-state index in [-0.39, 0.29) is 29.9 Å². The largest absolute Gasteiger partial charge is 0.473 e. The molecule has 1 aromatic rings. The molecule has 0 saturated carbocycles. The summed E-state index contributed by atoms with van der Waals surface area (Å²) in [6.07, 6.45) is 0. The lowest BCUT2D eigenvalue weighted by Crippen LogP contribution is -2.09. The Balaban J connectivity index is 3.33. The molecule has 1 heterocycles. The minimum Gasteiger partial charge on any atom is -0.473 e. The lowest BCUT2D eigenvalue weighted by molar-refractivity contribution is -0.385. The molecule has 0 spiro atoms. The molecule has 0 radical (unpaired) electrons. The number of nitrogens with two attached hydrogens (primary N) is 1. The number of hydrogen-bond donors (Lipinski definition) is 1. The van der Waals surface area contributed by atoms with Crippen molar-refractivity contribution < 1.29 is 9.66 Å². The van der Waals surface area contributed by atoms with Crippen LogP contribution in [0.15, 0.2) is 0 Å². The Morgan fingerprint density at radius 3 is 2.56 bits per heavy atom. The van der Waals surface area contributed by atoms with Crippen LogP contribution in [-0.2, 0) is 0 Å². The summed E-state index contributed by atoms with van der Waals surface area (Å²) in [5.74, 6) is 0.240. The number of nitro groups is 1. The van der Waals surface area contributed by atoms with Crippen molar-refractivity contribution in [2.24, 2.45) is 0 Å². The molecule has 0 fully saturated rings. The molecule has 0 aromatic carbocycles. The van der Waals surface area contributed by atoms with Gasteiger partial charge in [0, 0.05) is 5.92 Å². The van der Waals surface area contributed by atoms with Crippen molar-refractivity contribution in [1.29, 1.82) is 0 Å². The number of aromatic nitrogens is 2. The van der Waals surface area contributed by atoms with Gasteiger partial charge in [-0.3, -0.25) is 10.1 Å². The third-order valence-corrected chi connectivity index (χ3v) is 1.88. The second-order valence-corrected chi connectivity index (χ2v) is 3.47. The number of nitrogen functional groups attached to an aromatic ring is 1. The van der Waals surface area contributed by atoms with Crippen molar-refractivity contribution >= 4 is 11.5 Å². The van der Waals surface area contributed by atoms with Crippen LogP contribution in [0.2, 0.25) is 0 Å². The van der Waals surface area contributed by atoms with Crippen molar-refractivity contribution in [3.8, 4) is 5.88 Å². The molecule has 7 heteroatoms. The summed E-state index contributed by atoms with van der Waals surface area (Å²) in [6, 6.07) is 0. The molecular weight excluding hydrogens is 212 g/mol. The maximum atomic E-state index is 10.8. The summed E-state index contributed by atoms with van der Waals surface area (Å²) >= 11 is 0. The molecule has 0 unspecified atom stereocenters. The lowest BCUT2D eigenvalue weighted by Gasteiger charge is -2.08. The maximum Gasteiger partial charge on any atom is 0.372 e. The van der Waals surface area contributed by atoms with Crippen LogP contribution in [0.25, 0.3) is 0 Å². The van der Waals surface area contributed by atoms with Crippen LogP contribution in [-0.4, -0.2) is 21.5 Å². The number of ether oxygens (including phenoxy) is 1. The average molecular weight is 226 g/mol. The van der Waals surface area contributed by atoms with Crippen molar-refractivity contribution in [3.05, 3.63) is 15.9 Å². The quantitative estimate of drug-likeness (QED) is 0.616. The van der Waals surface area contributed by atoms with Crippen LogP contribution >= 0.6 is 0 Å². The smallest absolute Gasteiger partial charge is 0.372 e. The molecule has 0 aliphatic heterocycles. The Hall–Kier alpha value is -1.92. The molecule has 1 rings (SSSR count). The van der Waals surface area contributed by atoms with Crippen LogP contribution in [0, 0.1) is 10.1 Å². The molecule has 0 saturated heterocycles. The topological polar surface area (TPSA) is 104 Å². The zero-order valence-corrected chi connectivity index (χ0v) is 9.43. The second kappa shape index (κ2) is 4.73. The van der Waals surface area contributed by atoms with E-state index in [2.05, 4.69) is 9.97 Å². The van der Waals surface area contributed by atoms with Crippen LogP contribution in [0.3, 0.4) is 0 Å². The fraction of sp³-hybridized carbons (Fsp3) is 0.556. The standard InChI is InChI=1S/C9H14N4O3/c1-4-16-9-6(13(14)15)7(10)11-8(12-9)5(2)3/h5H,4H2,1-3H3,(H2,10,11,12). The van der Waals surface area contributed by atoms with E-state index < -0.39 is 4.92 Å². The monoisotopic (exact) mass is 226 g/mol. The van der Waals surface area contributed by atoms with Crippen LogP contribution in [0.5, 0.6) is 5.88 Å². The Labute approximate surface area is 92.8 Å². The van der Waals surface area contributed by atoms with Gasteiger partial charge in [-0.2, -0.15) is 4.98 Å². The molecule has 0 bridgehead atoms.